The van der Waals surface area contributed by atoms with Crippen molar-refractivity contribution in [2.24, 2.45) is 5.92 Å². The van der Waals surface area contributed by atoms with E-state index in [1.54, 1.807) is 4.57 Å². The predicted octanol–water partition coefficient (Wildman–Crippen LogP) is 1.37. The van der Waals surface area contributed by atoms with E-state index >= 15 is 0 Å². The zero-order valence-corrected chi connectivity index (χ0v) is 11.1. The van der Waals surface area contributed by atoms with E-state index in [0.717, 1.165) is 39.1 Å². The van der Waals surface area contributed by atoms with Gasteiger partial charge in [-0.15, -0.1) is 0 Å². The van der Waals surface area contributed by atoms with Crippen molar-refractivity contribution in [3.8, 4) is 0 Å². The maximum absolute atomic E-state index is 10.6. The van der Waals surface area contributed by atoms with Crippen molar-refractivity contribution in [3.05, 3.63) is 22.6 Å². The average Bonchev–Trinajstić information content (AvgIpc) is 2.89. The number of nitro groups is 1. The lowest BCUT2D eigenvalue weighted by molar-refractivity contribution is -0.389. The summed E-state index contributed by atoms with van der Waals surface area (Å²) in [5, 5.41) is 14.0. The highest BCUT2D eigenvalue weighted by atomic mass is 16.6. The minimum absolute atomic E-state index is 0.101. The Morgan fingerprint density at radius 3 is 3.00 bits per heavy atom. The first-order valence-electron chi connectivity index (χ1n) is 6.63. The number of rotatable bonds is 6. The molecule has 0 aliphatic carbocycles. The molecule has 1 aromatic heterocycles. The molecule has 19 heavy (non-hydrogen) atoms. The molecule has 7 heteroatoms. The Morgan fingerprint density at radius 1 is 1.63 bits per heavy atom. The van der Waals surface area contributed by atoms with E-state index in [1.165, 1.54) is 12.5 Å². The molecule has 1 N–H and O–H groups in total. The first-order chi connectivity index (χ1) is 9.16. The van der Waals surface area contributed by atoms with Gasteiger partial charge < -0.3 is 24.7 Å². The van der Waals surface area contributed by atoms with Gasteiger partial charge in [0.05, 0.1) is 0 Å². The Bertz CT molecular complexity index is 415. The normalized spacial score (nSPS) is 18.4. The standard InChI is InChI=1S/C12H20N4O3/c1-10(15-8-12(14-9-15)16(17)18)6-13-7-11-2-4-19-5-3-11/h8-11,13H,2-7H2,1H3. The van der Waals surface area contributed by atoms with Crippen LogP contribution in [0.25, 0.3) is 0 Å². The summed E-state index contributed by atoms with van der Waals surface area (Å²) in [5.74, 6) is 0.578. The van der Waals surface area contributed by atoms with Crippen LogP contribution in [0.2, 0.25) is 0 Å². The quantitative estimate of drug-likeness (QED) is 0.622. The Hall–Kier alpha value is -1.47. The largest absolute Gasteiger partial charge is 0.381 e. The average molecular weight is 268 g/mol. The molecule has 106 valence electrons. The van der Waals surface area contributed by atoms with Crippen molar-refractivity contribution in [2.45, 2.75) is 25.8 Å². The van der Waals surface area contributed by atoms with Gasteiger partial charge in [0.25, 0.3) is 0 Å². The van der Waals surface area contributed by atoms with E-state index in [9.17, 15) is 10.1 Å². The number of hydrogen-bond acceptors (Lipinski definition) is 5. The Morgan fingerprint density at radius 2 is 2.37 bits per heavy atom. The molecule has 7 nitrogen and oxygen atoms in total. The molecule has 0 amide bonds. The summed E-state index contributed by atoms with van der Waals surface area (Å²) >= 11 is 0. The second-order valence-electron chi connectivity index (χ2n) is 5.00. The summed E-state index contributed by atoms with van der Waals surface area (Å²) in [6.45, 7) is 5.49. The highest BCUT2D eigenvalue weighted by Gasteiger charge is 2.16. The van der Waals surface area contributed by atoms with Gasteiger partial charge in [0.1, 0.15) is 6.20 Å². The summed E-state index contributed by atoms with van der Waals surface area (Å²) in [4.78, 5) is 13.8. The molecule has 0 saturated carbocycles. The molecule has 1 aliphatic rings. The predicted molar refractivity (Wildman–Crippen MR) is 70.0 cm³/mol. The molecule has 0 aromatic carbocycles. The van der Waals surface area contributed by atoms with Gasteiger partial charge in [0.2, 0.25) is 6.33 Å². The fourth-order valence-electron chi connectivity index (χ4n) is 2.21. The van der Waals surface area contributed by atoms with E-state index in [0.29, 0.717) is 5.92 Å². The molecule has 1 fully saturated rings. The van der Waals surface area contributed by atoms with E-state index in [4.69, 9.17) is 4.74 Å². The van der Waals surface area contributed by atoms with E-state index in [-0.39, 0.29) is 11.9 Å². The lowest BCUT2D eigenvalue weighted by Gasteiger charge is -2.23. The lowest BCUT2D eigenvalue weighted by atomic mass is 10.0. The zero-order valence-electron chi connectivity index (χ0n) is 11.1. The summed E-state index contributed by atoms with van der Waals surface area (Å²) in [5.41, 5.74) is 0. The molecule has 1 atom stereocenters. The van der Waals surface area contributed by atoms with Crippen LogP contribution in [0.5, 0.6) is 0 Å². The molecule has 1 unspecified atom stereocenters. The molecule has 2 rings (SSSR count). The third-order valence-corrected chi connectivity index (χ3v) is 3.50. The first kappa shape index (κ1) is 14.0. The topological polar surface area (TPSA) is 82.2 Å². The molecule has 1 aliphatic heterocycles. The summed E-state index contributed by atoms with van der Waals surface area (Å²) in [6, 6.07) is 0.154. The maximum atomic E-state index is 10.6. The molecule has 0 radical (unpaired) electrons. The van der Waals surface area contributed by atoms with Gasteiger partial charge in [-0.3, -0.25) is 0 Å². The van der Waals surface area contributed by atoms with E-state index < -0.39 is 4.92 Å². The fraction of sp³-hybridized carbons (Fsp3) is 0.750. The Labute approximate surface area is 112 Å². The first-order valence-corrected chi connectivity index (χ1v) is 6.63. The van der Waals surface area contributed by atoms with Crippen molar-refractivity contribution in [2.75, 3.05) is 26.3 Å². The SMILES string of the molecule is CC(CNCC1CCOCC1)n1cnc([N+](=O)[O-])c1. The maximum Gasteiger partial charge on any atom is 0.381 e. The monoisotopic (exact) mass is 268 g/mol. The van der Waals surface area contributed by atoms with Gasteiger partial charge in [-0.2, -0.15) is 0 Å². The number of hydrogen-bond donors (Lipinski definition) is 1. The van der Waals surface area contributed by atoms with Crippen LogP contribution in [0.15, 0.2) is 12.5 Å². The number of nitrogens with one attached hydrogen (secondary N) is 1. The highest BCUT2D eigenvalue weighted by Crippen LogP contribution is 2.14. The molecule has 1 aromatic rings. The van der Waals surface area contributed by atoms with Crippen LogP contribution < -0.4 is 5.32 Å². The van der Waals surface area contributed by atoms with Gasteiger partial charge in [-0.05, 0) is 42.1 Å². The fourth-order valence-corrected chi connectivity index (χ4v) is 2.21. The van der Waals surface area contributed by atoms with Gasteiger partial charge in [-0.25, -0.2) is 0 Å². The Kier molecular flexibility index (Phi) is 4.86. The third kappa shape index (κ3) is 4.00. The van der Waals surface area contributed by atoms with Crippen molar-refractivity contribution in [1.82, 2.24) is 14.9 Å². The van der Waals surface area contributed by atoms with Crippen LogP contribution in [0.3, 0.4) is 0 Å². The van der Waals surface area contributed by atoms with Crippen LogP contribution >= 0.6 is 0 Å². The van der Waals surface area contributed by atoms with Gasteiger partial charge in [0, 0.05) is 25.8 Å². The summed E-state index contributed by atoms with van der Waals surface area (Å²) in [7, 11) is 0. The van der Waals surface area contributed by atoms with E-state index in [2.05, 4.69) is 10.3 Å². The van der Waals surface area contributed by atoms with Crippen LogP contribution in [-0.2, 0) is 4.74 Å². The van der Waals surface area contributed by atoms with Crippen molar-refractivity contribution in [3.63, 3.8) is 0 Å². The molecule has 1 saturated heterocycles. The molecule has 2 heterocycles. The van der Waals surface area contributed by atoms with Crippen molar-refractivity contribution < 1.29 is 9.66 Å². The smallest absolute Gasteiger partial charge is 0.381 e. The van der Waals surface area contributed by atoms with Crippen molar-refractivity contribution in [1.29, 1.82) is 0 Å². The second-order valence-corrected chi connectivity index (χ2v) is 5.00. The summed E-state index contributed by atoms with van der Waals surface area (Å²) in [6.07, 6.45) is 5.20. The minimum atomic E-state index is -0.474. The van der Waals surface area contributed by atoms with Gasteiger partial charge in [0.15, 0.2) is 0 Å². The zero-order chi connectivity index (χ0) is 13.7. The number of imidazole rings is 1. The van der Waals surface area contributed by atoms with Crippen LogP contribution in [-0.4, -0.2) is 40.8 Å². The van der Waals surface area contributed by atoms with Gasteiger partial charge >= 0.3 is 5.82 Å². The van der Waals surface area contributed by atoms with Crippen LogP contribution in [0.4, 0.5) is 5.82 Å². The van der Waals surface area contributed by atoms with Crippen LogP contribution in [0.1, 0.15) is 25.8 Å². The van der Waals surface area contributed by atoms with Crippen LogP contribution in [0, 0.1) is 16.0 Å². The highest BCUT2D eigenvalue weighted by molar-refractivity contribution is 5.12. The second kappa shape index (κ2) is 6.63. The molecular formula is C12H20N4O3. The lowest BCUT2D eigenvalue weighted by Crippen LogP contribution is -2.31. The molecule has 0 bridgehead atoms. The molecule has 0 spiro atoms. The van der Waals surface area contributed by atoms with Gasteiger partial charge in [-0.1, -0.05) is 0 Å². The van der Waals surface area contributed by atoms with Crippen molar-refractivity contribution >= 4 is 5.82 Å². The summed E-state index contributed by atoms with van der Waals surface area (Å²) < 4.78 is 7.09. The molecular weight excluding hydrogens is 248 g/mol. The van der Waals surface area contributed by atoms with E-state index in [1.807, 2.05) is 6.92 Å². The Balaban J connectivity index is 1.73. The number of ether oxygens (including phenoxy) is 1. The third-order valence-electron chi connectivity index (χ3n) is 3.50. The number of nitrogens with zero attached hydrogens (tertiary/aromatic N) is 3. The minimum Gasteiger partial charge on any atom is -0.381 e. The number of aromatic nitrogens is 2.